The summed E-state index contributed by atoms with van der Waals surface area (Å²) in [6.45, 7) is 0. The van der Waals surface area contributed by atoms with E-state index in [1.807, 2.05) is 4.40 Å². The van der Waals surface area contributed by atoms with E-state index < -0.39 is 6.09 Å². The molecule has 2 amide bonds. The number of amides is 2. The van der Waals surface area contributed by atoms with E-state index in [1.54, 1.807) is 82.3 Å². The van der Waals surface area contributed by atoms with Crippen LogP contribution >= 0.6 is 0 Å². The number of pyridine rings is 2. The van der Waals surface area contributed by atoms with Gasteiger partial charge in [-0.3, -0.25) is 14.5 Å². The van der Waals surface area contributed by atoms with Gasteiger partial charge in [0.25, 0.3) is 5.91 Å². The molecule has 0 aliphatic rings. The van der Waals surface area contributed by atoms with Crippen molar-refractivity contribution in [3.8, 4) is 22.8 Å². The Balaban J connectivity index is 1.65. The minimum Gasteiger partial charge on any atom is -0.497 e. The second-order valence-electron chi connectivity index (χ2n) is 7.27. The molecule has 0 aliphatic carbocycles. The fraction of sp³-hybridized carbons (Fsp3) is 0.167. The van der Waals surface area contributed by atoms with Crippen molar-refractivity contribution >= 4 is 29.2 Å². The summed E-state index contributed by atoms with van der Waals surface area (Å²) in [6, 6.07) is 12.2. The van der Waals surface area contributed by atoms with Gasteiger partial charge < -0.3 is 19.1 Å². The van der Waals surface area contributed by atoms with E-state index in [2.05, 4.69) is 20.0 Å². The van der Waals surface area contributed by atoms with Crippen molar-refractivity contribution < 1.29 is 23.8 Å². The maximum absolute atomic E-state index is 13.3. The molecule has 1 N–H and O–H groups in total. The summed E-state index contributed by atoms with van der Waals surface area (Å²) in [5.41, 5.74) is 3.28. The third kappa shape index (κ3) is 4.46. The lowest BCUT2D eigenvalue weighted by molar-refractivity contribution is 0.0992. The zero-order chi connectivity index (χ0) is 24.2. The first-order chi connectivity index (χ1) is 16.4. The zero-order valence-electron chi connectivity index (χ0n) is 19.1. The van der Waals surface area contributed by atoms with Gasteiger partial charge >= 0.3 is 6.09 Å². The second-order valence-corrected chi connectivity index (χ2v) is 7.27. The number of anilines is 2. The summed E-state index contributed by atoms with van der Waals surface area (Å²) in [5.74, 6) is 1.31. The summed E-state index contributed by atoms with van der Waals surface area (Å²) in [4.78, 5) is 34.8. The van der Waals surface area contributed by atoms with Crippen LogP contribution in [0.1, 0.15) is 10.4 Å². The smallest absolute Gasteiger partial charge is 0.412 e. The van der Waals surface area contributed by atoms with Gasteiger partial charge in [-0.05, 0) is 24.3 Å². The van der Waals surface area contributed by atoms with E-state index >= 15 is 0 Å². The molecule has 4 rings (SSSR count). The fourth-order valence-corrected chi connectivity index (χ4v) is 3.39. The maximum atomic E-state index is 13.3. The average molecular weight is 461 g/mol. The number of hydrogen-bond donors (Lipinski definition) is 1. The predicted octanol–water partition coefficient (Wildman–Crippen LogP) is 3.87. The first-order valence-electron chi connectivity index (χ1n) is 10.2. The Hall–Kier alpha value is -4.60. The Morgan fingerprint density at radius 1 is 0.941 bits per heavy atom. The highest BCUT2D eigenvalue weighted by Crippen LogP contribution is 2.29. The largest absolute Gasteiger partial charge is 0.497 e. The molecule has 1 aromatic carbocycles. The number of hydrogen-bond acceptors (Lipinski definition) is 7. The molecule has 10 nitrogen and oxygen atoms in total. The van der Waals surface area contributed by atoms with Crippen molar-refractivity contribution in [2.24, 2.45) is 0 Å². The van der Waals surface area contributed by atoms with E-state index in [0.717, 1.165) is 11.3 Å². The molecule has 0 radical (unpaired) electrons. The number of methoxy groups -OCH3 is 3. The second kappa shape index (κ2) is 9.49. The Morgan fingerprint density at radius 3 is 2.29 bits per heavy atom. The lowest BCUT2D eigenvalue weighted by Gasteiger charge is -2.19. The lowest BCUT2D eigenvalue weighted by Crippen LogP contribution is -2.26. The molecule has 0 spiro atoms. The van der Waals surface area contributed by atoms with E-state index in [9.17, 15) is 9.59 Å². The fourth-order valence-electron chi connectivity index (χ4n) is 3.39. The number of carbonyl (C=O) groups is 2. The number of rotatable bonds is 6. The standard InChI is InChI=1S/C24H23N5O5/c1-28(17-9-18(32-2)11-19(10-17)33-3)23(30)16-6-8-22-26-13-20(29(22)14-16)15-5-7-21(25-12-15)27-24(31)34-4/h5-14H,1-4H3,(H,25,27,31). The van der Waals surface area contributed by atoms with Gasteiger partial charge in [-0.15, -0.1) is 0 Å². The molecule has 0 atom stereocenters. The highest BCUT2D eigenvalue weighted by Gasteiger charge is 2.17. The first kappa shape index (κ1) is 22.6. The van der Waals surface area contributed by atoms with Gasteiger partial charge in [-0.1, -0.05) is 0 Å². The number of nitrogens with zero attached hydrogens (tertiary/aromatic N) is 4. The quantitative estimate of drug-likeness (QED) is 0.464. The summed E-state index contributed by atoms with van der Waals surface area (Å²) < 4.78 is 17.0. The van der Waals surface area contributed by atoms with Gasteiger partial charge in [-0.25, -0.2) is 14.8 Å². The van der Waals surface area contributed by atoms with Crippen LogP contribution in [0.25, 0.3) is 16.9 Å². The molecule has 10 heteroatoms. The minimum atomic E-state index is -0.601. The Kier molecular flexibility index (Phi) is 6.30. The molecule has 3 aromatic heterocycles. The van der Waals surface area contributed by atoms with Crippen LogP contribution in [0, 0.1) is 0 Å². The van der Waals surface area contributed by atoms with Crippen molar-refractivity contribution in [1.29, 1.82) is 0 Å². The highest BCUT2D eigenvalue weighted by atomic mass is 16.5. The number of nitrogens with one attached hydrogen (secondary N) is 1. The number of ether oxygens (including phenoxy) is 3. The summed E-state index contributed by atoms with van der Waals surface area (Å²) in [5, 5.41) is 2.51. The number of imidazole rings is 1. The predicted molar refractivity (Wildman–Crippen MR) is 127 cm³/mol. The van der Waals surface area contributed by atoms with Crippen molar-refractivity contribution in [3.63, 3.8) is 0 Å². The average Bonchev–Trinajstić information content (AvgIpc) is 3.31. The lowest BCUT2D eigenvalue weighted by atomic mass is 10.2. The molecule has 0 bridgehead atoms. The third-order valence-corrected chi connectivity index (χ3v) is 5.26. The van der Waals surface area contributed by atoms with Crippen LogP contribution in [0.3, 0.4) is 0 Å². The Morgan fingerprint density at radius 2 is 1.68 bits per heavy atom. The van der Waals surface area contributed by atoms with Crippen LogP contribution in [0.15, 0.2) is 61.1 Å². The normalized spacial score (nSPS) is 10.6. The molecule has 3 heterocycles. The molecular weight excluding hydrogens is 438 g/mol. The molecule has 0 saturated carbocycles. The Labute approximate surface area is 195 Å². The number of aromatic nitrogens is 3. The van der Waals surface area contributed by atoms with Crippen LogP contribution in [-0.4, -0.2) is 54.7 Å². The van der Waals surface area contributed by atoms with Gasteiger partial charge in [0.2, 0.25) is 0 Å². The first-order valence-corrected chi connectivity index (χ1v) is 10.2. The monoisotopic (exact) mass is 461 g/mol. The molecule has 0 aliphatic heterocycles. The van der Waals surface area contributed by atoms with Gasteiger partial charge in [0.05, 0.1) is 44.5 Å². The van der Waals surface area contributed by atoms with Crippen molar-refractivity contribution in [2.75, 3.05) is 38.6 Å². The molecule has 0 unspecified atom stereocenters. The Bertz CT molecular complexity index is 1330. The van der Waals surface area contributed by atoms with Crippen LogP contribution in [0.2, 0.25) is 0 Å². The van der Waals surface area contributed by atoms with Crippen LogP contribution < -0.4 is 19.7 Å². The SMILES string of the molecule is COC(=O)Nc1ccc(-c2cnc3ccc(C(=O)N(C)c4cc(OC)cc(OC)c4)cn23)cn1. The van der Waals surface area contributed by atoms with Gasteiger partial charge in [0.1, 0.15) is 23.0 Å². The van der Waals surface area contributed by atoms with Crippen LogP contribution in [-0.2, 0) is 4.74 Å². The molecular formula is C24H23N5O5. The van der Waals surface area contributed by atoms with Crippen molar-refractivity contribution in [1.82, 2.24) is 14.4 Å². The number of benzene rings is 1. The summed E-state index contributed by atoms with van der Waals surface area (Å²) in [7, 11) is 6.08. The van der Waals surface area contributed by atoms with E-state index in [0.29, 0.717) is 34.2 Å². The van der Waals surface area contributed by atoms with Crippen molar-refractivity contribution in [2.45, 2.75) is 0 Å². The van der Waals surface area contributed by atoms with Gasteiger partial charge in [0.15, 0.2) is 0 Å². The molecule has 4 aromatic rings. The zero-order valence-corrected chi connectivity index (χ0v) is 19.1. The number of carbonyl (C=O) groups excluding carboxylic acids is 2. The minimum absolute atomic E-state index is 0.215. The number of fused-ring (bicyclic) bond motifs is 1. The molecule has 0 fully saturated rings. The third-order valence-electron chi connectivity index (χ3n) is 5.26. The molecule has 174 valence electrons. The highest BCUT2D eigenvalue weighted by molar-refractivity contribution is 6.06. The van der Waals surface area contributed by atoms with Crippen LogP contribution in [0.5, 0.6) is 11.5 Å². The summed E-state index contributed by atoms with van der Waals surface area (Å²) >= 11 is 0. The summed E-state index contributed by atoms with van der Waals surface area (Å²) in [6.07, 6.45) is 4.44. The topological polar surface area (TPSA) is 107 Å². The van der Waals surface area contributed by atoms with E-state index in [4.69, 9.17) is 9.47 Å². The van der Waals surface area contributed by atoms with E-state index in [-0.39, 0.29) is 5.91 Å². The molecule has 34 heavy (non-hydrogen) atoms. The maximum Gasteiger partial charge on any atom is 0.412 e. The van der Waals surface area contributed by atoms with Crippen molar-refractivity contribution in [3.05, 3.63) is 66.6 Å². The van der Waals surface area contributed by atoms with E-state index in [1.165, 1.54) is 12.0 Å². The van der Waals surface area contributed by atoms with Gasteiger partial charge in [-0.2, -0.15) is 0 Å². The van der Waals surface area contributed by atoms with Gasteiger partial charge in [0, 0.05) is 43.2 Å². The van der Waals surface area contributed by atoms with Crippen LogP contribution in [0.4, 0.5) is 16.3 Å². The molecule has 0 saturated heterocycles.